The van der Waals surface area contributed by atoms with Crippen molar-refractivity contribution in [3.05, 3.63) is 76.6 Å². The number of nitrogens with zero attached hydrogens (tertiary/aromatic N) is 3. The van der Waals surface area contributed by atoms with Crippen LogP contribution in [0.3, 0.4) is 0 Å². The Balaban J connectivity index is 1.52. The van der Waals surface area contributed by atoms with Gasteiger partial charge in [-0.15, -0.1) is 0 Å². The van der Waals surface area contributed by atoms with E-state index in [1.165, 1.54) is 17.3 Å². The molecule has 3 aromatic rings. The second kappa shape index (κ2) is 12.0. The number of hydrogen-bond acceptors (Lipinski definition) is 5. The summed E-state index contributed by atoms with van der Waals surface area (Å²) in [6, 6.07) is 11.2. The average molecular weight is 561 g/mol. The fourth-order valence-electron chi connectivity index (χ4n) is 4.74. The maximum absolute atomic E-state index is 13.2. The normalized spacial score (nSPS) is 16.5. The number of aliphatic carboxylic acids is 1. The Labute approximate surface area is 229 Å². The number of alkyl halides is 3. The Bertz CT molecular complexity index is 1320. The molecule has 1 amide bonds. The molecular weight excluding hydrogens is 533 g/mol. The lowest BCUT2D eigenvalue weighted by molar-refractivity contribution is -0.143. The van der Waals surface area contributed by atoms with Crippen LogP contribution >= 0.6 is 11.6 Å². The minimum Gasteiger partial charge on any atom is -0.481 e. The number of halogens is 4. The number of carbonyl (C=O) groups excluding carboxylic acids is 1. The molecule has 1 aliphatic rings. The first kappa shape index (κ1) is 28.4. The molecule has 2 heterocycles. The highest BCUT2D eigenvalue weighted by atomic mass is 35.5. The van der Waals surface area contributed by atoms with Gasteiger partial charge in [0.25, 0.3) is 5.91 Å². The molecule has 1 fully saturated rings. The molecule has 2 aromatic carbocycles. The quantitative estimate of drug-likeness (QED) is 0.325. The molecule has 0 bridgehead atoms. The van der Waals surface area contributed by atoms with Crippen molar-refractivity contribution in [1.82, 2.24) is 14.9 Å². The van der Waals surface area contributed by atoms with Crippen LogP contribution in [-0.4, -0.2) is 51.1 Å². The number of carboxylic acids is 1. The molecule has 1 aromatic heterocycles. The lowest BCUT2D eigenvalue weighted by atomic mass is 9.95. The van der Waals surface area contributed by atoms with Crippen LogP contribution in [0.15, 0.2) is 54.9 Å². The fraction of sp³-hybridized carbons (Fsp3) is 0.357. The second-order valence-electron chi connectivity index (χ2n) is 9.65. The first-order valence-electron chi connectivity index (χ1n) is 12.5. The third-order valence-corrected chi connectivity index (χ3v) is 6.97. The smallest absolute Gasteiger partial charge is 0.389 e. The van der Waals surface area contributed by atoms with Gasteiger partial charge in [0.05, 0.1) is 17.0 Å². The number of benzene rings is 2. The van der Waals surface area contributed by atoms with Crippen molar-refractivity contribution in [2.24, 2.45) is 5.92 Å². The highest BCUT2D eigenvalue weighted by Gasteiger charge is 2.30. The van der Waals surface area contributed by atoms with Crippen LogP contribution in [0, 0.1) is 12.8 Å². The molecule has 1 aliphatic heterocycles. The van der Waals surface area contributed by atoms with Crippen molar-refractivity contribution in [3.63, 3.8) is 0 Å². The molecule has 2 atom stereocenters. The van der Waals surface area contributed by atoms with Crippen molar-refractivity contribution < 1.29 is 27.9 Å². The molecule has 0 aliphatic carbocycles. The van der Waals surface area contributed by atoms with E-state index in [1.54, 1.807) is 36.4 Å². The van der Waals surface area contributed by atoms with Gasteiger partial charge in [0.1, 0.15) is 0 Å². The van der Waals surface area contributed by atoms with Crippen LogP contribution in [0.2, 0.25) is 5.02 Å². The summed E-state index contributed by atoms with van der Waals surface area (Å²) in [6.07, 6.45) is -1.37. The van der Waals surface area contributed by atoms with E-state index in [9.17, 15) is 27.9 Å². The number of hydrogen-bond donors (Lipinski definition) is 2. The van der Waals surface area contributed by atoms with Gasteiger partial charge in [-0.25, -0.2) is 9.97 Å². The summed E-state index contributed by atoms with van der Waals surface area (Å²) in [5, 5.41) is 12.9. The summed E-state index contributed by atoms with van der Waals surface area (Å²) >= 11 is 5.86. The molecule has 206 valence electrons. The number of aromatic nitrogens is 2. The van der Waals surface area contributed by atoms with Crippen LogP contribution < -0.4 is 5.32 Å². The van der Waals surface area contributed by atoms with Crippen molar-refractivity contribution >= 4 is 29.2 Å². The molecule has 11 heteroatoms. The van der Waals surface area contributed by atoms with E-state index in [-0.39, 0.29) is 18.9 Å². The minimum atomic E-state index is -4.32. The Morgan fingerprint density at radius 2 is 1.85 bits per heavy atom. The third kappa shape index (κ3) is 7.47. The second-order valence-corrected chi connectivity index (χ2v) is 10.1. The standard InChI is InChI=1S/C28H28ClF3N4O3/c1-17-13-19(25-33-14-21(29)15-34-25)6-9-23(17)24(10-11-28(30,31)32)35-22-7-4-18(5-8-22)26(37)36-12-2-3-20(16-36)27(38)39/h4-9,13-15,20,24,35H,2-3,10-12,16H2,1H3,(H,38,39)/t20-,24?/m1/s1. The van der Waals surface area contributed by atoms with Crippen LogP contribution in [0.4, 0.5) is 18.9 Å². The number of amides is 1. The molecule has 2 N–H and O–H groups in total. The van der Waals surface area contributed by atoms with Crippen LogP contribution in [0.1, 0.15) is 53.2 Å². The minimum absolute atomic E-state index is 0.157. The van der Waals surface area contributed by atoms with Gasteiger partial charge in [-0.1, -0.05) is 23.7 Å². The van der Waals surface area contributed by atoms with Gasteiger partial charge in [0.2, 0.25) is 0 Å². The number of rotatable bonds is 8. The summed E-state index contributed by atoms with van der Waals surface area (Å²) < 4.78 is 39.5. The van der Waals surface area contributed by atoms with E-state index in [0.717, 1.165) is 5.56 Å². The third-order valence-electron chi connectivity index (χ3n) is 6.77. The number of carbonyl (C=O) groups is 2. The van der Waals surface area contributed by atoms with Crippen molar-refractivity contribution in [2.75, 3.05) is 18.4 Å². The van der Waals surface area contributed by atoms with Gasteiger partial charge in [-0.3, -0.25) is 9.59 Å². The van der Waals surface area contributed by atoms with Crippen molar-refractivity contribution in [3.8, 4) is 11.4 Å². The zero-order valence-corrected chi connectivity index (χ0v) is 22.0. The van der Waals surface area contributed by atoms with E-state index in [0.29, 0.717) is 52.6 Å². The van der Waals surface area contributed by atoms with E-state index >= 15 is 0 Å². The largest absolute Gasteiger partial charge is 0.481 e. The summed E-state index contributed by atoms with van der Waals surface area (Å²) in [6.45, 7) is 2.46. The molecule has 4 rings (SSSR count). The van der Waals surface area contributed by atoms with Crippen LogP contribution in [0.5, 0.6) is 0 Å². The van der Waals surface area contributed by atoms with Crippen LogP contribution in [-0.2, 0) is 4.79 Å². The van der Waals surface area contributed by atoms with Gasteiger partial charge in [0.15, 0.2) is 5.82 Å². The molecule has 39 heavy (non-hydrogen) atoms. The number of piperidine rings is 1. The summed E-state index contributed by atoms with van der Waals surface area (Å²) in [4.78, 5) is 34.2. The first-order chi connectivity index (χ1) is 18.5. The highest BCUT2D eigenvalue weighted by Crippen LogP contribution is 2.33. The number of anilines is 1. The Morgan fingerprint density at radius 1 is 1.15 bits per heavy atom. The molecule has 0 radical (unpaired) electrons. The Morgan fingerprint density at radius 3 is 2.46 bits per heavy atom. The molecule has 1 saturated heterocycles. The Hall–Kier alpha value is -3.66. The fourth-order valence-corrected chi connectivity index (χ4v) is 4.83. The van der Waals surface area contributed by atoms with Gasteiger partial charge >= 0.3 is 12.1 Å². The maximum atomic E-state index is 13.2. The van der Waals surface area contributed by atoms with Gasteiger partial charge in [0, 0.05) is 48.7 Å². The predicted molar refractivity (Wildman–Crippen MR) is 142 cm³/mol. The van der Waals surface area contributed by atoms with Crippen molar-refractivity contribution in [2.45, 2.75) is 44.8 Å². The summed E-state index contributed by atoms with van der Waals surface area (Å²) in [5.41, 5.74) is 3.14. The van der Waals surface area contributed by atoms with E-state index < -0.39 is 30.5 Å². The number of aryl methyl sites for hydroxylation is 1. The average Bonchev–Trinajstić information content (AvgIpc) is 2.91. The summed E-state index contributed by atoms with van der Waals surface area (Å²) in [7, 11) is 0. The molecule has 1 unspecified atom stereocenters. The predicted octanol–water partition coefficient (Wildman–Crippen LogP) is 6.54. The highest BCUT2D eigenvalue weighted by molar-refractivity contribution is 6.30. The molecule has 7 nitrogen and oxygen atoms in total. The molecular formula is C28H28ClF3N4O3. The summed E-state index contributed by atoms with van der Waals surface area (Å²) in [5.74, 6) is -1.31. The zero-order valence-electron chi connectivity index (χ0n) is 21.2. The van der Waals surface area contributed by atoms with Crippen molar-refractivity contribution in [1.29, 1.82) is 0 Å². The van der Waals surface area contributed by atoms with E-state index in [2.05, 4.69) is 15.3 Å². The number of nitrogens with one attached hydrogen (secondary N) is 1. The monoisotopic (exact) mass is 560 g/mol. The number of carboxylic acid groups (broad SMARTS) is 1. The first-order valence-corrected chi connectivity index (χ1v) is 12.9. The lowest BCUT2D eigenvalue weighted by Gasteiger charge is -2.30. The van der Waals surface area contributed by atoms with Crippen LogP contribution in [0.25, 0.3) is 11.4 Å². The zero-order chi connectivity index (χ0) is 28.2. The van der Waals surface area contributed by atoms with E-state index in [4.69, 9.17) is 11.6 Å². The van der Waals surface area contributed by atoms with E-state index in [1.807, 2.05) is 13.0 Å². The SMILES string of the molecule is Cc1cc(-c2ncc(Cl)cn2)ccc1C(CCC(F)(F)F)Nc1ccc(C(=O)N2CCC[C@@H](C(=O)O)C2)cc1. The maximum Gasteiger partial charge on any atom is 0.389 e. The molecule has 0 saturated carbocycles. The molecule has 0 spiro atoms. The lowest BCUT2D eigenvalue weighted by Crippen LogP contribution is -2.42. The van der Waals surface area contributed by atoms with Gasteiger partial charge in [-0.2, -0.15) is 13.2 Å². The van der Waals surface area contributed by atoms with Gasteiger partial charge in [-0.05, 0) is 67.6 Å². The topological polar surface area (TPSA) is 95.4 Å². The Kier molecular flexibility index (Phi) is 8.74. The number of likely N-dealkylation sites (tertiary alicyclic amines) is 1. The van der Waals surface area contributed by atoms with Gasteiger partial charge < -0.3 is 15.3 Å².